The van der Waals surface area contributed by atoms with Gasteiger partial charge in [-0.1, -0.05) is 6.07 Å². The average Bonchev–Trinajstić information content (AvgIpc) is 2.40. The van der Waals surface area contributed by atoms with Crippen molar-refractivity contribution in [3.05, 3.63) is 41.7 Å². The van der Waals surface area contributed by atoms with Crippen LogP contribution in [0.25, 0.3) is 11.4 Å². The van der Waals surface area contributed by atoms with Gasteiger partial charge in [0.25, 0.3) is 0 Å². The van der Waals surface area contributed by atoms with Gasteiger partial charge in [0.2, 0.25) is 0 Å². The van der Waals surface area contributed by atoms with Gasteiger partial charge in [-0.15, -0.1) is 0 Å². The van der Waals surface area contributed by atoms with Crippen molar-refractivity contribution in [3.8, 4) is 17.1 Å². The first-order chi connectivity index (χ1) is 8.74. The molecule has 4 heteroatoms. The highest BCUT2D eigenvalue weighted by molar-refractivity contribution is 5.64. The zero-order chi connectivity index (χ0) is 13.0. The molecule has 0 bridgehead atoms. The number of aryl methyl sites for hydroxylation is 1. The molecule has 4 nitrogen and oxygen atoms in total. The second-order valence-corrected chi connectivity index (χ2v) is 4.16. The summed E-state index contributed by atoms with van der Waals surface area (Å²) in [6.07, 6.45) is 4.42. The molecule has 94 valence electrons. The fourth-order valence-corrected chi connectivity index (χ4v) is 1.77. The Balaban J connectivity index is 2.36. The topological polar surface area (TPSA) is 61.0 Å². The van der Waals surface area contributed by atoms with Crippen molar-refractivity contribution in [1.82, 2.24) is 9.97 Å². The van der Waals surface area contributed by atoms with Gasteiger partial charge in [-0.25, -0.2) is 9.97 Å². The molecule has 2 N–H and O–H groups in total. The lowest BCUT2D eigenvalue weighted by Gasteiger charge is -2.08. The van der Waals surface area contributed by atoms with Crippen molar-refractivity contribution in [2.75, 3.05) is 13.7 Å². The minimum absolute atomic E-state index is 0.608. The lowest BCUT2D eigenvalue weighted by molar-refractivity contribution is 0.416. The number of nitrogens with two attached hydrogens (primary N) is 1. The van der Waals surface area contributed by atoms with E-state index in [1.54, 1.807) is 7.11 Å². The SMILES string of the molecule is COc1cc(C)ccc1-c1ncc(CCN)cn1. The molecule has 0 radical (unpaired) electrons. The highest BCUT2D eigenvalue weighted by Gasteiger charge is 2.08. The van der Waals surface area contributed by atoms with E-state index in [-0.39, 0.29) is 0 Å². The van der Waals surface area contributed by atoms with Crippen molar-refractivity contribution in [3.63, 3.8) is 0 Å². The lowest BCUT2D eigenvalue weighted by atomic mass is 10.1. The van der Waals surface area contributed by atoms with Gasteiger partial charge in [-0.2, -0.15) is 0 Å². The van der Waals surface area contributed by atoms with Crippen molar-refractivity contribution in [2.45, 2.75) is 13.3 Å². The second-order valence-electron chi connectivity index (χ2n) is 4.16. The fourth-order valence-electron chi connectivity index (χ4n) is 1.77. The number of hydrogen-bond acceptors (Lipinski definition) is 4. The van der Waals surface area contributed by atoms with Crippen LogP contribution in [0.1, 0.15) is 11.1 Å². The summed E-state index contributed by atoms with van der Waals surface area (Å²) in [7, 11) is 1.65. The Bertz CT molecular complexity index is 523. The van der Waals surface area contributed by atoms with Crippen LogP contribution in [-0.4, -0.2) is 23.6 Å². The molecular weight excluding hydrogens is 226 g/mol. The Morgan fingerprint density at radius 2 is 1.94 bits per heavy atom. The predicted octanol–water partition coefficient (Wildman–Crippen LogP) is 1.96. The summed E-state index contributed by atoms with van der Waals surface area (Å²) in [5.41, 5.74) is 8.60. The summed E-state index contributed by atoms with van der Waals surface area (Å²) >= 11 is 0. The maximum Gasteiger partial charge on any atom is 0.162 e. The summed E-state index contributed by atoms with van der Waals surface area (Å²) in [6.45, 7) is 2.63. The molecule has 0 aliphatic rings. The van der Waals surface area contributed by atoms with Gasteiger partial charge in [0.05, 0.1) is 12.7 Å². The normalized spacial score (nSPS) is 10.4. The summed E-state index contributed by atoms with van der Waals surface area (Å²) in [6, 6.07) is 5.98. The van der Waals surface area contributed by atoms with Gasteiger partial charge in [-0.3, -0.25) is 0 Å². The molecule has 0 aliphatic heterocycles. The molecule has 0 spiro atoms. The molecule has 1 heterocycles. The van der Waals surface area contributed by atoms with E-state index in [4.69, 9.17) is 10.5 Å². The van der Waals surface area contributed by atoms with E-state index >= 15 is 0 Å². The fraction of sp³-hybridized carbons (Fsp3) is 0.286. The molecule has 2 aromatic rings. The third-order valence-electron chi connectivity index (χ3n) is 2.74. The number of methoxy groups -OCH3 is 1. The zero-order valence-electron chi connectivity index (χ0n) is 10.7. The average molecular weight is 243 g/mol. The third kappa shape index (κ3) is 2.65. The molecule has 0 aliphatic carbocycles. The monoisotopic (exact) mass is 243 g/mol. The number of hydrogen-bond donors (Lipinski definition) is 1. The van der Waals surface area contributed by atoms with Crippen molar-refractivity contribution >= 4 is 0 Å². The number of nitrogens with zero attached hydrogens (tertiary/aromatic N) is 2. The summed E-state index contributed by atoms with van der Waals surface area (Å²) in [5, 5.41) is 0. The standard InChI is InChI=1S/C14H17N3O/c1-10-3-4-12(13(7-10)18-2)14-16-8-11(5-6-15)9-17-14/h3-4,7-9H,5-6,15H2,1-2H3. The molecular formula is C14H17N3O. The molecule has 0 fully saturated rings. The Labute approximate surface area is 107 Å². The molecule has 18 heavy (non-hydrogen) atoms. The van der Waals surface area contributed by atoms with Crippen LogP contribution in [-0.2, 0) is 6.42 Å². The summed E-state index contributed by atoms with van der Waals surface area (Å²) in [5.74, 6) is 1.47. The van der Waals surface area contributed by atoms with E-state index in [0.29, 0.717) is 12.4 Å². The van der Waals surface area contributed by atoms with Crippen molar-refractivity contribution in [1.29, 1.82) is 0 Å². The van der Waals surface area contributed by atoms with Crippen LogP contribution in [0.4, 0.5) is 0 Å². The zero-order valence-corrected chi connectivity index (χ0v) is 10.7. The quantitative estimate of drug-likeness (QED) is 0.891. The van der Waals surface area contributed by atoms with Gasteiger partial charge < -0.3 is 10.5 Å². The Hall–Kier alpha value is -1.94. The number of ether oxygens (including phenoxy) is 1. The van der Waals surface area contributed by atoms with Gasteiger partial charge >= 0.3 is 0 Å². The third-order valence-corrected chi connectivity index (χ3v) is 2.74. The first-order valence-electron chi connectivity index (χ1n) is 5.90. The number of aromatic nitrogens is 2. The molecule has 0 saturated carbocycles. The van der Waals surface area contributed by atoms with E-state index < -0.39 is 0 Å². The largest absolute Gasteiger partial charge is 0.496 e. The van der Waals surface area contributed by atoms with Crippen LogP contribution in [0, 0.1) is 6.92 Å². The number of rotatable bonds is 4. The molecule has 0 atom stereocenters. The minimum Gasteiger partial charge on any atom is -0.496 e. The van der Waals surface area contributed by atoms with Crippen LogP contribution in [0.2, 0.25) is 0 Å². The molecule has 0 saturated heterocycles. The highest BCUT2D eigenvalue weighted by Crippen LogP contribution is 2.27. The van der Waals surface area contributed by atoms with E-state index in [0.717, 1.165) is 28.9 Å². The van der Waals surface area contributed by atoms with Crippen molar-refractivity contribution < 1.29 is 4.74 Å². The second kappa shape index (κ2) is 5.60. The molecule has 0 amide bonds. The van der Waals surface area contributed by atoms with Gasteiger partial charge in [0.15, 0.2) is 5.82 Å². The van der Waals surface area contributed by atoms with Gasteiger partial charge in [-0.05, 0) is 43.1 Å². The number of benzene rings is 1. The highest BCUT2D eigenvalue weighted by atomic mass is 16.5. The van der Waals surface area contributed by atoms with Crippen LogP contribution in [0.5, 0.6) is 5.75 Å². The smallest absolute Gasteiger partial charge is 0.162 e. The maximum atomic E-state index is 5.50. The van der Waals surface area contributed by atoms with Gasteiger partial charge in [0.1, 0.15) is 5.75 Å². The first-order valence-corrected chi connectivity index (χ1v) is 5.90. The van der Waals surface area contributed by atoms with Crippen LogP contribution < -0.4 is 10.5 Å². The molecule has 1 aromatic carbocycles. The minimum atomic E-state index is 0.608. The predicted molar refractivity (Wildman–Crippen MR) is 71.5 cm³/mol. The van der Waals surface area contributed by atoms with Gasteiger partial charge in [0, 0.05) is 12.4 Å². The van der Waals surface area contributed by atoms with E-state index in [9.17, 15) is 0 Å². The Morgan fingerprint density at radius 1 is 1.22 bits per heavy atom. The molecule has 0 unspecified atom stereocenters. The van der Waals surface area contributed by atoms with Crippen molar-refractivity contribution in [2.24, 2.45) is 5.73 Å². The Morgan fingerprint density at radius 3 is 2.56 bits per heavy atom. The van der Waals surface area contributed by atoms with E-state index in [1.807, 2.05) is 37.5 Å². The summed E-state index contributed by atoms with van der Waals surface area (Å²) in [4.78, 5) is 8.72. The first kappa shape index (κ1) is 12.5. The van der Waals surface area contributed by atoms with Crippen LogP contribution in [0.15, 0.2) is 30.6 Å². The Kier molecular flexibility index (Phi) is 3.89. The molecule has 2 rings (SSSR count). The van der Waals surface area contributed by atoms with E-state index in [2.05, 4.69) is 9.97 Å². The maximum absolute atomic E-state index is 5.50. The summed E-state index contributed by atoms with van der Waals surface area (Å²) < 4.78 is 5.36. The van der Waals surface area contributed by atoms with Crippen LogP contribution in [0.3, 0.4) is 0 Å². The molecule has 1 aromatic heterocycles. The van der Waals surface area contributed by atoms with E-state index in [1.165, 1.54) is 0 Å². The lowest BCUT2D eigenvalue weighted by Crippen LogP contribution is -2.04. The van der Waals surface area contributed by atoms with Crippen LogP contribution >= 0.6 is 0 Å².